The first-order valence-corrected chi connectivity index (χ1v) is 8.72. The molecule has 2 heterocycles. The highest BCUT2D eigenvalue weighted by molar-refractivity contribution is 9.09. The summed E-state index contributed by atoms with van der Waals surface area (Å²) in [6.45, 7) is 2.71. The van der Waals surface area contributed by atoms with Crippen molar-refractivity contribution in [3.05, 3.63) is 34.2 Å². The van der Waals surface area contributed by atoms with Crippen LogP contribution in [-0.2, 0) is 17.8 Å². The first-order valence-electron chi connectivity index (χ1n) is 7.43. The molecule has 0 saturated carbocycles. The number of halogens is 2. The standard InChI is InChI=1S/C15H16BrClN4O3/c1-2-23-15(22)21-6-9-11(7-21)19-14(18)20-13(9)24-12-4-3-8(17)5-10(12)16/h3-4,10H,2,5-7H2,1H3,(H2,18,19,20). The zero-order valence-corrected chi connectivity index (χ0v) is 15.3. The number of hydrogen-bond acceptors (Lipinski definition) is 6. The fraction of sp³-hybridized carbons (Fsp3) is 0.400. The molecule has 0 fully saturated rings. The van der Waals surface area contributed by atoms with Crippen molar-refractivity contribution in [3.8, 4) is 5.88 Å². The van der Waals surface area contributed by atoms with Crippen molar-refractivity contribution >= 4 is 39.6 Å². The van der Waals surface area contributed by atoms with Gasteiger partial charge in [-0.1, -0.05) is 27.5 Å². The van der Waals surface area contributed by atoms with Crippen molar-refractivity contribution in [2.24, 2.45) is 0 Å². The molecule has 9 heteroatoms. The van der Waals surface area contributed by atoms with Gasteiger partial charge >= 0.3 is 6.09 Å². The Labute approximate surface area is 152 Å². The van der Waals surface area contributed by atoms with Crippen LogP contribution in [0.4, 0.5) is 10.7 Å². The van der Waals surface area contributed by atoms with Gasteiger partial charge in [-0.3, -0.25) is 4.90 Å². The highest BCUT2D eigenvalue weighted by Gasteiger charge is 2.31. The number of rotatable bonds is 3. The quantitative estimate of drug-likeness (QED) is 0.763. The number of carbonyl (C=O) groups excluding carboxylic acids is 1. The molecule has 1 aromatic rings. The van der Waals surface area contributed by atoms with E-state index in [2.05, 4.69) is 25.9 Å². The molecule has 1 unspecified atom stereocenters. The van der Waals surface area contributed by atoms with Crippen LogP contribution in [0.5, 0.6) is 5.88 Å². The number of fused-ring (bicyclic) bond motifs is 1. The lowest BCUT2D eigenvalue weighted by molar-refractivity contribution is 0.106. The first-order chi connectivity index (χ1) is 11.5. The van der Waals surface area contributed by atoms with Crippen molar-refractivity contribution in [1.29, 1.82) is 0 Å². The van der Waals surface area contributed by atoms with E-state index in [-0.39, 0.29) is 10.8 Å². The summed E-state index contributed by atoms with van der Waals surface area (Å²) in [5.74, 6) is 1.13. The van der Waals surface area contributed by atoms with E-state index in [0.717, 1.165) is 10.6 Å². The maximum atomic E-state index is 11.9. The highest BCUT2D eigenvalue weighted by Crippen LogP contribution is 2.34. The number of carbonyl (C=O) groups is 1. The molecular formula is C15H16BrClN4O3. The summed E-state index contributed by atoms with van der Waals surface area (Å²) in [6.07, 6.45) is 3.80. The van der Waals surface area contributed by atoms with Crippen LogP contribution in [0.3, 0.4) is 0 Å². The molecule has 128 valence electrons. The van der Waals surface area contributed by atoms with Gasteiger partial charge < -0.3 is 15.2 Å². The van der Waals surface area contributed by atoms with Crippen LogP contribution in [0.15, 0.2) is 22.9 Å². The largest absolute Gasteiger partial charge is 0.450 e. The van der Waals surface area contributed by atoms with Crippen molar-refractivity contribution in [3.63, 3.8) is 0 Å². The number of allylic oxidation sites excluding steroid dienone is 4. The summed E-state index contributed by atoms with van der Waals surface area (Å²) in [4.78, 5) is 21.8. The van der Waals surface area contributed by atoms with Gasteiger partial charge in [0.1, 0.15) is 5.76 Å². The molecule has 0 bridgehead atoms. The number of nitrogens with zero attached hydrogens (tertiary/aromatic N) is 3. The van der Waals surface area contributed by atoms with Crippen LogP contribution in [-0.4, -0.2) is 32.4 Å². The lowest BCUT2D eigenvalue weighted by Gasteiger charge is -2.19. The van der Waals surface area contributed by atoms with Gasteiger partial charge in [0.2, 0.25) is 11.8 Å². The van der Waals surface area contributed by atoms with E-state index < -0.39 is 6.09 Å². The number of nitrogens with two attached hydrogens (primary N) is 1. The smallest absolute Gasteiger partial charge is 0.410 e. The number of hydrogen-bond donors (Lipinski definition) is 1. The monoisotopic (exact) mass is 414 g/mol. The summed E-state index contributed by atoms with van der Waals surface area (Å²) >= 11 is 9.54. The van der Waals surface area contributed by atoms with E-state index in [9.17, 15) is 4.79 Å². The van der Waals surface area contributed by atoms with Gasteiger partial charge in [0.15, 0.2) is 0 Å². The van der Waals surface area contributed by atoms with E-state index in [1.807, 2.05) is 0 Å². The zero-order valence-electron chi connectivity index (χ0n) is 13.0. The Morgan fingerprint density at radius 1 is 1.46 bits per heavy atom. The third-order valence-corrected chi connectivity index (χ3v) is 4.67. The molecule has 1 aliphatic carbocycles. The molecular weight excluding hydrogens is 400 g/mol. The summed E-state index contributed by atoms with van der Waals surface area (Å²) in [5.41, 5.74) is 7.18. The number of nitrogen functional groups attached to an aromatic ring is 1. The van der Waals surface area contributed by atoms with E-state index in [4.69, 9.17) is 26.8 Å². The van der Waals surface area contributed by atoms with Gasteiger partial charge in [-0.05, 0) is 19.1 Å². The number of anilines is 1. The van der Waals surface area contributed by atoms with Gasteiger partial charge in [0, 0.05) is 11.5 Å². The van der Waals surface area contributed by atoms with E-state index in [1.165, 1.54) is 4.90 Å². The molecule has 1 aliphatic heterocycles. The Hall–Kier alpha value is -1.80. The number of alkyl halides is 1. The molecule has 24 heavy (non-hydrogen) atoms. The average molecular weight is 416 g/mol. The Kier molecular flexibility index (Phi) is 4.96. The van der Waals surface area contributed by atoms with Crippen LogP contribution in [0.25, 0.3) is 0 Å². The predicted molar refractivity (Wildman–Crippen MR) is 92.7 cm³/mol. The van der Waals surface area contributed by atoms with Crippen LogP contribution < -0.4 is 10.5 Å². The lowest BCUT2D eigenvalue weighted by Crippen LogP contribution is -2.26. The second-order valence-corrected chi connectivity index (χ2v) is 6.91. The normalized spacial score (nSPS) is 19.5. The second kappa shape index (κ2) is 6.98. The van der Waals surface area contributed by atoms with Gasteiger partial charge in [-0.2, -0.15) is 4.98 Å². The van der Waals surface area contributed by atoms with E-state index in [1.54, 1.807) is 19.1 Å². The molecule has 1 aromatic heterocycles. The van der Waals surface area contributed by atoms with Gasteiger partial charge in [0.05, 0.1) is 35.8 Å². The molecule has 7 nitrogen and oxygen atoms in total. The predicted octanol–water partition coefficient (Wildman–Crippen LogP) is 3.08. The topological polar surface area (TPSA) is 90.6 Å². The maximum Gasteiger partial charge on any atom is 0.410 e. The van der Waals surface area contributed by atoms with Gasteiger partial charge in [-0.25, -0.2) is 9.78 Å². The number of amides is 1. The summed E-state index contributed by atoms with van der Waals surface area (Å²) in [6, 6.07) is 0. The SMILES string of the molecule is CCOC(=O)N1Cc2nc(N)nc(OC3=CC=C(Cl)CC3Br)c2C1. The van der Waals surface area contributed by atoms with Gasteiger partial charge in [0.25, 0.3) is 0 Å². The molecule has 0 radical (unpaired) electrons. The fourth-order valence-corrected chi connectivity index (χ4v) is 3.50. The Balaban J connectivity index is 1.86. The third-order valence-electron chi connectivity index (χ3n) is 3.61. The van der Waals surface area contributed by atoms with E-state index >= 15 is 0 Å². The molecule has 0 saturated heterocycles. The van der Waals surface area contributed by atoms with Crippen LogP contribution in [0.2, 0.25) is 0 Å². The van der Waals surface area contributed by atoms with Crippen LogP contribution in [0.1, 0.15) is 24.6 Å². The maximum absolute atomic E-state index is 11.9. The molecule has 0 spiro atoms. The minimum absolute atomic E-state index is 0.0515. The third kappa shape index (κ3) is 3.49. The van der Waals surface area contributed by atoms with Crippen molar-refractivity contribution in [2.75, 3.05) is 12.3 Å². The fourth-order valence-electron chi connectivity index (χ4n) is 2.50. The minimum Gasteiger partial charge on any atom is -0.450 e. The van der Waals surface area contributed by atoms with Crippen molar-refractivity contribution < 1.29 is 14.3 Å². The van der Waals surface area contributed by atoms with Crippen LogP contribution >= 0.6 is 27.5 Å². The minimum atomic E-state index is -0.398. The summed E-state index contributed by atoms with van der Waals surface area (Å²) in [5, 5.41) is 0.741. The summed E-state index contributed by atoms with van der Waals surface area (Å²) < 4.78 is 11.0. The Morgan fingerprint density at radius 3 is 2.96 bits per heavy atom. The lowest BCUT2D eigenvalue weighted by atomic mass is 10.1. The molecule has 0 aromatic carbocycles. The first kappa shape index (κ1) is 17.0. The molecule has 1 atom stereocenters. The molecule has 3 rings (SSSR count). The molecule has 2 aliphatic rings. The number of aromatic nitrogens is 2. The average Bonchev–Trinajstić information content (AvgIpc) is 2.94. The molecule has 2 N–H and O–H groups in total. The van der Waals surface area contributed by atoms with Crippen molar-refractivity contribution in [1.82, 2.24) is 14.9 Å². The van der Waals surface area contributed by atoms with Crippen LogP contribution in [0, 0.1) is 0 Å². The van der Waals surface area contributed by atoms with E-state index in [0.29, 0.717) is 43.5 Å². The van der Waals surface area contributed by atoms with Gasteiger partial charge in [-0.15, -0.1) is 0 Å². The van der Waals surface area contributed by atoms with Crippen molar-refractivity contribution in [2.45, 2.75) is 31.3 Å². The summed E-state index contributed by atoms with van der Waals surface area (Å²) in [7, 11) is 0. The zero-order chi connectivity index (χ0) is 17.3. The highest BCUT2D eigenvalue weighted by atomic mass is 79.9. The second-order valence-electron chi connectivity index (χ2n) is 5.32. The Bertz CT molecular complexity index is 738. The Morgan fingerprint density at radius 2 is 2.25 bits per heavy atom. The molecule has 1 amide bonds. The number of ether oxygens (including phenoxy) is 2.